The largest absolute Gasteiger partial charge is 0.474 e. The lowest BCUT2D eigenvalue weighted by molar-refractivity contribution is -0.137. The van der Waals surface area contributed by atoms with Gasteiger partial charge in [0.2, 0.25) is 5.88 Å². The molecule has 2 heterocycles. The van der Waals surface area contributed by atoms with E-state index in [4.69, 9.17) is 10.00 Å². The molecule has 1 saturated heterocycles. The number of piperidine rings is 1. The van der Waals surface area contributed by atoms with E-state index >= 15 is 0 Å². The minimum Gasteiger partial charge on any atom is -0.474 e. The number of rotatable bonds is 7. The highest BCUT2D eigenvalue weighted by molar-refractivity contribution is 5.52. The predicted molar refractivity (Wildman–Crippen MR) is 149 cm³/mol. The van der Waals surface area contributed by atoms with Crippen LogP contribution in [0.3, 0.4) is 0 Å². The Hall–Kier alpha value is -4.00. The number of nitrogens with one attached hydrogen (secondary N) is 2. The van der Waals surface area contributed by atoms with Gasteiger partial charge in [-0.15, -0.1) is 0 Å². The maximum Gasteiger partial charge on any atom is 0.416 e. The molecule has 0 unspecified atom stereocenters. The van der Waals surface area contributed by atoms with Crippen molar-refractivity contribution in [1.82, 2.24) is 9.97 Å². The summed E-state index contributed by atoms with van der Waals surface area (Å²) in [4.78, 5) is 11.2. The molecule has 0 radical (unpaired) electrons. The van der Waals surface area contributed by atoms with E-state index in [1.54, 1.807) is 6.33 Å². The third-order valence-electron chi connectivity index (χ3n) is 7.73. The van der Waals surface area contributed by atoms with Crippen LogP contribution in [-0.4, -0.2) is 41.2 Å². The van der Waals surface area contributed by atoms with Gasteiger partial charge < -0.3 is 20.3 Å². The second-order valence-corrected chi connectivity index (χ2v) is 10.5. The number of alkyl halides is 3. The fraction of sp³-hybridized carbons (Fsp3) is 0.433. The summed E-state index contributed by atoms with van der Waals surface area (Å²) in [6, 6.07) is 15.4. The van der Waals surface area contributed by atoms with Gasteiger partial charge in [-0.1, -0.05) is 0 Å². The topological polar surface area (TPSA) is 86.1 Å². The minimum absolute atomic E-state index is 0.0964. The van der Waals surface area contributed by atoms with Crippen LogP contribution in [-0.2, 0) is 6.18 Å². The smallest absolute Gasteiger partial charge is 0.416 e. The molecule has 1 aliphatic heterocycles. The van der Waals surface area contributed by atoms with Gasteiger partial charge >= 0.3 is 6.18 Å². The first-order valence-corrected chi connectivity index (χ1v) is 13.7. The molecule has 210 valence electrons. The first kappa shape index (κ1) is 27.6. The van der Waals surface area contributed by atoms with E-state index in [1.807, 2.05) is 31.2 Å². The Labute approximate surface area is 232 Å². The van der Waals surface area contributed by atoms with Gasteiger partial charge in [-0.05, 0) is 94.0 Å². The molecule has 2 fully saturated rings. The molecule has 2 N–H and O–H groups in total. The van der Waals surface area contributed by atoms with Crippen molar-refractivity contribution >= 4 is 17.2 Å². The van der Waals surface area contributed by atoms with E-state index in [9.17, 15) is 13.2 Å². The Balaban J connectivity index is 1.11. The molecule has 1 aromatic heterocycles. The number of nitrogens with zero attached hydrogens (tertiary/aromatic N) is 4. The quantitative estimate of drug-likeness (QED) is 0.345. The van der Waals surface area contributed by atoms with Gasteiger partial charge in [0.25, 0.3) is 0 Å². The maximum atomic E-state index is 12.8. The van der Waals surface area contributed by atoms with Crippen LogP contribution >= 0.6 is 0 Å². The van der Waals surface area contributed by atoms with Crippen LogP contribution in [0.15, 0.2) is 54.9 Å². The maximum absolute atomic E-state index is 12.8. The highest BCUT2D eigenvalue weighted by Gasteiger charge is 2.30. The summed E-state index contributed by atoms with van der Waals surface area (Å²) in [5.74, 6) is 1.49. The molecule has 0 atom stereocenters. The lowest BCUT2D eigenvalue weighted by Crippen LogP contribution is -2.40. The van der Waals surface area contributed by atoms with Crippen LogP contribution in [0.5, 0.6) is 5.88 Å². The molecular formula is C30H33F3N6O. The average molecular weight is 551 g/mol. The number of benzene rings is 2. The Morgan fingerprint density at radius 2 is 1.43 bits per heavy atom. The van der Waals surface area contributed by atoms with Gasteiger partial charge in [0.15, 0.2) is 0 Å². The summed E-state index contributed by atoms with van der Waals surface area (Å²) >= 11 is 0. The van der Waals surface area contributed by atoms with E-state index in [1.165, 1.54) is 12.1 Å². The second kappa shape index (κ2) is 12.0. The van der Waals surface area contributed by atoms with Crippen molar-refractivity contribution in [3.8, 4) is 11.9 Å². The molecule has 2 aliphatic rings. The van der Waals surface area contributed by atoms with Crippen LogP contribution in [0, 0.1) is 18.3 Å². The normalized spacial score (nSPS) is 20.0. The molecule has 7 nitrogen and oxygen atoms in total. The van der Waals surface area contributed by atoms with Crippen molar-refractivity contribution in [3.05, 3.63) is 71.5 Å². The Morgan fingerprint density at radius 1 is 0.850 bits per heavy atom. The lowest BCUT2D eigenvalue weighted by Gasteiger charge is -2.35. The predicted octanol–water partition coefficient (Wildman–Crippen LogP) is 6.56. The molecule has 0 amide bonds. The van der Waals surface area contributed by atoms with Crippen LogP contribution in [0.4, 0.5) is 30.4 Å². The molecule has 5 rings (SSSR count). The van der Waals surface area contributed by atoms with Crippen LogP contribution < -0.4 is 20.3 Å². The summed E-state index contributed by atoms with van der Waals surface area (Å²) in [6.45, 7) is 3.55. The zero-order valence-electron chi connectivity index (χ0n) is 22.4. The standard InChI is InChI=1S/C30H33F3N6O/c1-20-28(39-16-14-26(15-17-39)38-24-8-4-22(5-9-24)30(31,32)33)35-19-36-29(20)40-27-12-10-25(11-13-27)37-23-6-2-21(18-34)3-7-23/h2-9,19,25-27,37-38H,10-17H2,1H3. The van der Waals surface area contributed by atoms with Crippen LogP contribution in [0.25, 0.3) is 0 Å². The van der Waals surface area contributed by atoms with Crippen LogP contribution in [0.1, 0.15) is 55.2 Å². The molecule has 40 heavy (non-hydrogen) atoms. The number of nitriles is 1. The van der Waals surface area contributed by atoms with Crippen molar-refractivity contribution in [2.75, 3.05) is 28.6 Å². The number of anilines is 3. The minimum atomic E-state index is -4.33. The van der Waals surface area contributed by atoms with Crippen molar-refractivity contribution in [2.45, 2.75) is 69.8 Å². The highest BCUT2D eigenvalue weighted by Crippen LogP contribution is 2.32. The Kier molecular flexibility index (Phi) is 8.29. The summed E-state index contributed by atoms with van der Waals surface area (Å²) < 4.78 is 44.8. The van der Waals surface area contributed by atoms with E-state index in [0.29, 0.717) is 23.2 Å². The Bertz CT molecular complexity index is 1310. The van der Waals surface area contributed by atoms with Gasteiger partial charge in [-0.3, -0.25) is 0 Å². The lowest BCUT2D eigenvalue weighted by atomic mass is 9.92. The summed E-state index contributed by atoms with van der Waals surface area (Å²) in [5.41, 5.74) is 2.66. The Morgan fingerprint density at radius 3 is 2.00 bits per heavy atom. The van der Waals surface area contributed by atoms with E-state index < -0.39 is 11.7 Å². The van der Waals surface area contributed by atoms with Crippen molar-refractivity contribution in [1.29, 1.82) is 5.26 Å². The fourth-order valence-electron chi connectivity index (χ4n) is 5.45. The first-order chi connectivity index (χ1) is 19.3. The third-order valence-corrected chi connectivity index (χ3v) is 7.73. The third kappa shape index (κ3) is 6.76. The summed E-state index contributed by atoms with van der Waals surface area (Å²) in [5, 5.41) is 15.9. The molecule has 0 spiro atoms. The van der Waals surface area contributed by atoms with Crippen molar-refractivity contribution in [2.24, 2.45) is 0 Å². The van der Waals surface area contributed by atoms with E-state index in [-0.39, 0.29) is 12.1 Å². The second-order valence-electron chi connectivity index (χ2n) is 10.5. The highest BCUT2D eigenvalue weighted by atomic mass is 19.4. The van der Waals surface area contributed by atoms with Crippen molar-refractivity contribution < 1.29 is 17.9 Å². The van der Waals surface area contributed by atoms with Gasteiger partial charge in [0, 0.05) is 36.5 Å². The fourth-order valence-corrected chi connectivity index (χ4v) is 5.45. The van der Waals surface area contributed by atoms with E-state index in [2.05, 4.69) is 31.6 Å². The van der Waals surface area contributed by atoms with Gasteiger partial charge in [-0.25, -0.2) is 9.97 Å². The molecule has 3 aromatic rings. The molecule has 2 aromatic carbocycles. The zero-order valence-corrected chi connectivity index (χ0v) is 22.4. The SMILES string of the molecule is Cc1c(OC2CCC(Nc3ccc(C#N)cc3)CC2)ncnc1N1CCC(Nc2ccc(C(F)(F)F)cc2)CC1. The summed E-state index contributed by atoms with van der Waals surface area (Å²) in [7, 11) is 0. The zero-order chi connectivity index (χ0) is 28.1. The van der Waals surface area contributed by atoms with Crippen molar-refractivity contribution in [3.63, 3.8) is 0 Å². The number of hydrogen-bond acceptors (Lipinski definition) is 7. The average Bonchev–Trinajstić information content (AvgIpc) is 2.96. The number of hydrogen-bond donors (Lipinski definition) is 2. The molecule has 1 saturated carbocycles. The van der Waals surface area contributed by atoms with Crippen LogP contribution in [0.2, 0.25) is 0 Å². The van der Waals surface area contributed by atoms with E-state index in [0.717, 1.165) is 80.8 Å². The van der Waals surface area contributed by atoms with Gasteiger partial charge in [0.05, 0.1) is 22.8 Å². The number of aromatic nitrogens is 2. The molecule has 0 bridgehead atoms. The summed E-state index contributed by atoms with van der Waals surface area (Å²) in [6.07, 6.45) is 2.84. The first-order valence-electron chi connectivity index (χ1n) is 13.7. The number of ether oxygens (including phenoxy) is 1. The molecule has 10 heteroatoms. The van der Waals surface area contributed by atoms with Gasteiger partial charge in [-0.2, -0.15) is 18.4 Å². The monoisotopic (exact) mass is 550 g/mol. The van der Waals surface area contributed by atoms with Gasteiger partial charge in [0.1, 0.15) is 18.2 Å². The molecular weight excluding hydrogens is 517 g/mol. The molecule has 1 aliphatic carbocycles. The number of halogens is 3.